The molecule has 30 heavy (non-hydrogen) atoms. The Hall–Kier alpha value is -0.560. The van der Waals surface area contributed by atoms with Crippen LogP contribution in [0.5, 0.6) is 0 Å². The van der Waals surface area contributed by atoms with Crippen molar-refractivity contribution in [3.05, 3.63) is 24.3 Å². The summed E-state index contributed by atoms with van der Waals surface area (Å²) in [6, 6.07) is 0.109. The van der Waals surface area contributed by atoms with Crippen LogP contribution in [0, 0.1) is 33.5 Å². The second-order valence-electron chi connectivity index (χ2n) is 12.8. The van der Waals surface area contributed by atoms with Gasteiger partial charge >= 0.3 is 0 Å². The van der Waals surface area contributed by atoms with E-state index >= 15 is 0 Å². The van der Waals surface area contributed by atoms with E-state index in [4.69, 9.17) is 5.73 Å². The lowest BCUT2D eigenvalue weighted by atomic mass is 9.61. The average Bonchev–Trinajstić information content (AvgIpc) is 2.61. The van der Waals surface area contributed by atoms with Crippen molar-refractivity contribution in [2.45, 2.75) is 128 Å². The van der Waals surface area contributed by atoms with E-state index in [9.17, 15) is 0 Å². The van der Waals surface area contributed by atoms with Crippen LogP contribution < -0.4 is 5.73 Å². The molecule has 1 heteroatoms. The van der Waals surface area contributed by atoms with Crippen molar-refractivity contribution in [3.63, 3.8) is 0 Å². The van der Waals surface area contributed by atoms with Gasteiger partial charge in [-0.15, -0.1) is 0 Å². The van der Waals surface area contributed by atoms with E-state index in [1.807, 2.05) is 0 Å². The predicted octanol–water partition coefficient (Wildman–Crippen LogP) is 9.18. The second kappa shape index (κ2) is 11.9. The molecule has 0 heterocycles. The lowest BCUT2D eigenvalue weighted by Gasteiger charge is -2.45. The molecule has 2 unspecified atom stereocenters. The molecule has 0 bridgehead atoms. The first kappa shape index (κ1) is 29.4. The minimum absolute atomic E-state index is 0.0895. The normalized spacial score (nSPS) is 16.7. The summed E-state index contributed by atoms with van der Waals surface area (Å²) >= 11 is 0. The molecule has 0 spiro atoms. The van der Waals surface area contributed by atoms with Gasteiger partial charge < -0.3 is 5.73 Å². The van der Waals surface area contributed by atoms with Crippen LogP contribution in [0.15, 0.2) is 24.3 Å². The van der Waals surface area contributed by atoms with Gasteiger partial charge in [0.2, 0.25) is 0 Å². The fraction of sp³-hybridized carbons (Fsp3) is 0.862. The third kappa shape index (κ3) is 8.52. The number of rotatable bonds is 14. The van der Waals surface area contributed by atoms with Crippen LogP contribution in [0.3, 0.4) is 0 Å². The number of unbranched alkanes of at least 4 members (excludes halogenated alkanes) is 1. The quantitative estimate of drug-likeness (QED) is 0.220. The van der Waals surface area contributed by atoms with E-state index in [0.717, 1.165) is 11.8 Å². The Morgan fingerprint density at radius 2 is 1.23 bits per heavy atom. The van der Waals surface area contributed by atoms with Gasteiger partial charge in [-0.3, -0.25) is 0 Å². The van der Waals surface area contributed by atoms with Gasteiger partial charge in [-0.1, -0.05) is 113 Å². The van der Waals surface area contributed by atoms with E-state index in [1.165, 1.54) is 38.5 Å². The van der Waals surface area contributed by atoms with Crippen LogP contribution in [0.25, 0.3) is 0 Å². The molecule has 0 saturated carbocycles. The van der Waals surface area contributed by atoms with Crippen LogP contribution in [-0.4, -0.2) is 6.04 Å². The smallest absolute Gasteiger partial charge is 0.0280 e. The van der Waals surface area contributed by atoms with Crippen LogP contribution in [0.4, 0.5) is 0 Å². The zero-order chi connectivity index (χ0) is 23.8. The molecular formula is C29H57N. The van der Waals surface area contributed by atoms with E-state index in [2.05, 4.69) is 107 Å². The molecule has 0 aliphatic rings. The van der Waals surface area contributed by atoms with Crippen molar-refractivity contribution < 1.29 is 0 Å². The fourth-order valence-electron chi connectivity index (χ4n) is 3.93. The van der Waals surface area contributed by atoms with Gasteiger partial charge in [0, 0.05) is 6.04 Å². The molecule has 0 amide bonds. The SMILES string of the molecule is CC=CC(N)C(C)(C)C(C)(C)CCCCC(C)(C)C(C)(C)CC=CCC(C)C(C)C. The van der Waals surface area contributed by atoms with E-state index in [-0.39, 0.29) is 16.9 Å². The largest absolute Gasteiger partial charge is 0.324 e. The first-order valence-corrected chi connectivity index (χ1v) is 12.6. The Morgan fingerprint density at radius 1 is 0.733 bits per heavy atom. The van der Waals surface area contributed by atoms with Crippen LogP contribution >= 0.6 is 0 Å². The summed E-state index contributed by atoms with van der Waals surface area (Å²) < 4.78 is 0. The number of hydrogen-bond acceptors (Lipinski definition) is 1. The maximum Gasteiger partial charge on any atom is 0.0280 e. The molecule has 0 saturated heterocycles. The Bertz CT molecular complexity index is 531. The summed E-state index contributed by atoms with van der Waals surface area (Å²) in [4.78, 5) is 0. The molecule has 0 rings (SSSR count). The van der Waals surface area contributed by atoms with Crippen molar-refractivity contribution in [3.8, 4) is 0 Å². The summed E-state index contributed by atoms with van der Waals surface area (Å²) in [5, 5.41) is 0. The molecule has 178 valence electrons. The van der Waals surface area contributed by atoms with Gasteiger partial charge in [0.25, 0.3) is 0 Å². The Balaban J connectivity index is 4.71. The van der Waals surface area contributed by atoms with Crippen molar-refractivity contribution >= 4 is 0 Å². The minimum Gasteiger partial charge on any atom is -0.324 e. The van der Waals surface area contributed by atoms with Gasteiger partial charge in [-0.25, -0.2) is 0 Å². The monoisotopic (exact) mass is 419 g/mol. The zero-order valence-electron chi connectivity index (χ0n) is 22.9. The maximum absolute atomic E-state index is 6.48. The van der Waals surface area contributed by atoms with Crippen molar-refractivity contribution in [1.82, 2.24) is 0 Å². The minimum atomic E-state index is 0.0895. The van der Waals surface area contributed by atoms with Crippen molar-refractivity contribution in [2.24, 2.45) is 39.2 Å². The fourth-order valence-corrected chi connectivity index (χ4v) is 3.93. The summed E-state index contributed by atoms with van der Waals surface area (Å²) in [7, 11) is 0. The molecular weight excluding hydrogens is 362 g/mol. The topological polar surface area (TPSA) is 26.0 Å². The van der Waals surface area contributed by atoms with Gasteiger partial charge in [0.15, 0.2) is 0 Å². The third-order valence-corrected chi connectivity index (χ3v) is 9.10. The Kier molecular flexibility index (Phi) is 11.7. The van der Waals surface area contributed by atoms with Gasteiger partial charge in [0.1, 0.15) is 0 Å². The third-order valence-electron chi connectivity index (χ3n) is 9.10. The Labute approximate surface area is 191 Å². The van der Waals surface area contributed by atoms with Crippen molar-refractivity contribution in [1.29, 1.82) is 0 Å². The lowest BCUT2D eigenvalue weighted by molar-refractivity contribution is 0.0712. The highest BCUT2D eigenvalue weighted by atomic mass is 14.7. The molecule has 0 aromatic rings. The lowest BCUT2D eigenvalue weighted by Crippen LogP contribution is -2.46. The molecule has 0 aromatic heterocycles. The van der Waals surface area contributed by atoms with E-state index in [0.29, 0.717) is 10.8 Å². The van der Waals surface area contributed by atoms with Gasteiger partial charge in [-0.2, -0.15) is 0 Å². The molecule has 1 nitrogen and oxygen atoms in total. The Morgan fingerprint density at radius 3 is 1.70 bits per heavy atom. The predicted molar refractivity (Wildman–Crippen MR) is 139 cm³/mol. The zero-order valence-corrected chi connectivity index (χ0v) is 22.9. The van der Waals surface area contributed by atoms with Crippen LogP contribution in [-0.2, 0) is 0 Å². The first-order chi connectivity index (χ1) is 13.5. The highest BCUT2D eigenvalue weighted by Crippen LogP contribution is 2.47. The van der Waals surface area contributed by atoms with E-state index in [1.54, 1.807) is 0 Å². The summed E-state index contributed by atoms with van der Waals surface area (Å²) in [6.45, 7) is 28.4. The standard InChI is InChI=1S/C29H57N/c1-13-18-25(30)29(11,12)28(9,10)22-17-16-21-27(7,8)26(5,6)20-15-14-19-24(4)23(2)3/h13-15,18,23-25H,16-17,19-22,30H2,1-12H3. The number of hydrogen-bond donors (Lipinski definition) is 1. The van der Waals surface area contributed by atoms with Gasteiger partial charge in [0.05, 0.1) is 0 Å². The molecule has 0 fully saturated rings. The molecule has 0 aliphatic heterocycles. The van der Waals surface area contributed by atoms with Gasteiger partial charge in [-0.05, 0) is 66.1 Å². The molecule has 0 aromatic carbocycles. The van der Waals surface area contributed by atoms with Crippen LogP contribution in [0.2, 0.25) is 0 Å². The maximum atomic E-state index is 6.48. The molecule has 0 radical (unpaired) electrons. The van der Waals surface area contributed by atoms with E-state index < -0.39 is 0 Å². The summed E-state index contributed by atoms with van der Waals surface area (Å²) in [6.07, 6.45) is 16.6. The summed E-state index contributed by atoms with van der Waals surface area (Å²) in [5.74, 6) is 1.53. The highest BCUT2D eigenvalue weighted by Gasteiger charge is 2.40. The second-order valence-corrected chi connectivity index (χ2v) is 12.8. The number of nitrogens with two attached hydrogens (primary N) is 1. The highest BCUT2D eigenvalue weighted by molar-refractivity contribution is 5.03. The first-order valence-electron chi connectivity index (χ1n) is 12.6. The molecule has 2 atom stereocenters. The number of allylic oxidation sites excluding steroid dienone is 3. The average molecular weight is 420 g/mol. The molecule has 0 aliphatic carbocycles. The van der Waals surface area contributed by atoms with Crippen LogP contribution in [0.1, 0.15) is 122 Å². The van der Waals surface area contributed by atoms with Crippen molar-refractivity contribution in [2.75, 3.05) is 0 Å². The molecule has 2 N–H and O–H groups in total. The summed E-state index contributed by atoms with van der Waals surface area (Å²) in [5.41, 5.74) is 7.44.